The summed E-state index contributed by atoms with van der Waals surface area (Å²) in [5, 5.41) is 3.74. The lowest BCUT2D eigenvalue weighted by atomic mass is 10.1. The molecule has 0 radical (unpaired) electrons. The van der Waals surface area contributed by atoms with Gasteiger partial charge in [0, 0.05) is 16.3 Å². The lowest BCUT2D eigenvalue weighted by molar-refractivity contribution is 0.101. The van der Waals surface area contributed by atoms with Crippen LogP contribution in [-0.2, 0) is 0 Å². The van der Waals surface area contributed by atoms with E-state index in [1.807, 2.05) is 31.2 Å². The summed E-state index contributed by atoms with van der Waals surface area (Å²) in [6.07, 6.45) is 0. The smallest absolute Gasteiger partial charge is 0.181 e. The summed E-state index contributed by atoms with van der Waals surface area (Å²) >= 11 is 5.78. The van der Waals surface area contributed by atoms with E-state index >= 15 is 0 Å². The zero-order chi connectivity index (χ0) is 13.0. The monoisotopic (exact) mass is 259 g/mol. The molecule has 0 unspecified atom stereocenters. The molecular weight excluding hydrogens is 246 g/mol. The van der Waals surface area contributed by atoms with Crippen LogP contribution >= 0.6 is 11.6 Å². The van der Waals surface area contributed by atoms with Crippen LogP contribution in [0.4, 0.5) is 5.69 Å². The molecule has 0 bridgehead atoms. The minimum absolute atomic E-state index is 0.0484. The largest absolute Gasteiger partial charge is 0.378 e. The van der Waals surface area contributed by atoms with Gasteiger partial charge < -0.3 is 5.32 Å². The van der Waals surface area contributed by atoms with Crippen molar-refractivity contribution in [1.82, 2.24) is 0 Å². The second-order valence-corrected chi connectivity index (χ2v) is 4.59. The van der Waals surface area contributed by atoms with Crippen molar-refractivity contribution in [2.45, 2.75) is 6.92 Å². The molecule has 2 aromatic rings. The topological polar surface area (TPSA) is 29.1 Å². The van der Waals surface area contributed by atoms with Gasteiger partial charge in [-0.1, -0.05) is 29.3 Å². The highest BCUT2D eigenvalue weighted by Gasteiger charge is 2.04. The first-order chi connectivity index (χ1) is 8.65. The number of rotatable bonds is 4. The van der Waals surface area contributed by atoms with E-state index < -0.39 is 0 Å². The van der Waals surface area contributed by atoms with Crippen LogP contribution in [0.3, 0.4) is 0 Å². The molecule has 2 aromatic carbocycles. The SMILES string of the molecule is Cc1ccc(NCC(=O)c2ccc(Cl)cc2)cc1. The Bertz CT molecular complexity index is 531. The predicted molar refractivity (Wildman–Crippen MR) is 75.5 cm³/mol. The van der Waals surface area contributed by atoms with Crippen molar-refractivity contribution < 1.29 is 4.79 Å². The number of Topliss-reactive ketones (excluding diaryl/α,β-unsaturated/α-hetero) is 1. The van der Waals surface area contributed by atoms with Gasteiger partial charge in [0.1, 0.15) is 0 Å². The van der Waals surface area contributed by atoms with E-state index in [4.69, 9.17) is 11.6 Å². The van der Waals surface area contributed by atoms with Gasteiger partial charge in [-0.25, -0.2) is 0 Å². The van der Waals surface area contributed by atoms with Crippen LogP contribution in [0.25, 0.3) is 0 Å². The minimum Gasteiger partial charge on any atom is -0.378 e. The highest BCUT2D eigenvalue weighted by molar-refractivity contribution is 6.30. The summed E-state index contributed by atoms with van der Waals surface area (Å²) in [5.41, 5.74) is 2.81. The van der Waals surface area contributed by atoms with Crippen molar-refractivity contribution in [1.29, 1.82) is 0 Å². The molecule has 0 heterocycles. The van der Waals surface area contributed by atoms with Gasteiger partial charge in [-0.15, -0.1) is 0 Å². The van der Waals surface area contributed by atoms with Crippen molar-refractivity contribution in [3.05, 3.63) is 64.7 Å². The molecule has 0 saturated carbocycles. The van der Waals surface area contributed by atoms with Crippen molar-refractivity contribution in [2.24, 2.45) is 0 Å². The Kier molecular flexibility index (Phi) is 4.00. The highest BCUT2D eigenvalue weighted by atomic mass is 35.5. The summed E-state index contributed by atoms with van der Waals surface area (Å²) in [5.74, 6) is 0.0484. The Morgan fingerprint density at radius 1 is 1.06 bits per heavy atom. The molecule has 3 heteroatoms. The number of halogens is 1. The fourth-order valence-corrected chi connectivity index (χ4v) is 1.72. The first kappa shape index (κ1) is 12.7. The van der Waals surface area contributed by atoms with Crippen LogP contribution in [0.15, 0.2) is 48.5 Å². The van der Waals surface area contributed by atoms with Crippen molar-refractivity contribution >= 4 is 23.1 Å². The summed E-state index contributed by atoms with van der Waals surface area (Å²) in [4.78, 5) is 11.9. The number of aryl methyl sites for hydroxylation is 1. The lowest BCUT2D eigenvalue weighted by Gasteiger charge is -2.06. The quantitative estimate of drug-likeness (QED) is 0.843. The maximum atomic E-state index is 11.9. The summed E-state index contributed by atoms with van der Waals surface area (Å²) in [6.45, 7) is 2.31. The third-order valence-electron chi connectivity index (χ3n) is 2.67. The van der Waals surface area contributed by atoms with E-state index in [9.17, 15) is 4.79 Å². The van der Waals surface area contributed by atoms with Gasteiger partial charge in [-0.3, -0.25) is 4.79 Å². The molecule has 2 rings (SSSR count). The molecule has 0 aliphatic rings. The summed E-state index contributed by atoms with van der Waals surface area (Å²) in [7, 11) is 0. The number of carbonyl (C=O) groups is 1. The summed E-state index contributed by atoms with van der Waals surface area (Å²) < 4.78 is 0. The van der Waals surface area contributed by atoms with Crippen LogP contribution in [0.1, 0.15) is 15.9 Å². The molecule has 0 fully saturated rings. The first-order valence-electron chi connectivity index (χ1n) is 5.74. The van der Waals surface area contributed by atoms with Crippen LogP contribution < -0.4 is 5.32 Å². The highest BCUT2D eigenvalue weighted by Crippen LogP contribution is 2.11. The molecule has 18 heavy (non-hydrogen) atoms. The van der Waals surface area contributed by atoms with Gasteiger partial charge in [0.05, 0.1) is 6.54 Å². The Morgan fingerprint density at radius 2 is 1.67 bits per heavy atom. The van der Waals surface area contributed by atoms with Gasteiger partial charge in [0.15, 0.2) is 5.78 Å². The van der Waals surface area contributed by atoms with E-state index in [0.717, 1.165) is 5.69 Å². The number of benzene rings is 2. The zero-order valence-corrected chi connectivity index (χ0v) is 10.9. The number of ketones is 1. The molecule has 0 atom stereocenters. The molecule has 0 aliphatic carbocycles. The number of nitrogens with one attached hydrogen (secondary N) is 1. The Hall–Kier alpha value is -1.80. The van der Waals surface area contributed by atoms with Gasteiger partial charge in [0.2, 0.25) is 0 Å². The van der Waals surface area contributed by atoms with Gasteiger partial charge >= 0.3 is 0 Å². The minimum atomic E-state index is 0.0484. The average molecular weight is 260 g/mol. The number of carbonyl (C=O) groups excluding carboxylic acids is 1. The standard InChI is InChI=1S/C15H14ClNO/c1-11-2-8-14(9-3-11)17-10-15(18)12-4-6-13(16)7-5-12/h2-9,17H,10H2,1H3. The van der Waals surface area contributed by atoms with Crippen LogP contribution in [-0.4, -0.2) is 12.3 Å². The number of anilines is 1. The van der Waals surface area contributed by atoms with Crippen LogP contribution in [0.2, 0.25) is 5.02 Å². The van der Waals surface area contributed by atoms with Crippen LogP contribution in [0, 0.1) is 6.92 Å². The third kappa shape index (κ3) is 3.34. The fraction of sp³-hybridized carbons (Fsp3) is 0.133. The first-order valence-corrected chi connectivity index (χ1v) is 6.12. The maximum absolute atomic E-state index is 11.9. The fourth-order valence-electron chi connectivity index (χ4n) is 1.59. The van der Waals surface area contributed by atoms with Gasteiger partial charge in [-0.2, -0.15) is 0 Å². The molecular formula is C15H14ClNO. The van der Waals surface area contributed by atoms with E-state index in [2.05, 4.69) is 5.32 Å². The second kappa shape index (κ2) is 5.69. The molecule has 0 saturated heterocycles. The Morgan fingerprint density at radius 3 is 2.28 bits per heavy atom. The molecule has 1 N–H and O–H groups in total. The molecule has 92 valence electrons. The van der Waals surface area contributed by atoms with E-state index in [0.29, 0.717) is 10.6 Å². The van der Waals surface area contributed by atoms with Crippen molar-refractivity contribution in [2.75, 3.05) is 11.9 Å². The van der Waals surface area contributed by atoms with E-state index in [-0.39, 0.29) is 12.3 Å². The zero-order valence-electron chi connectivity index (χ0n) is 10.1. The van der Waals surface area contributed by atoms with E-state index in [1.54, 1.807) is 24.3 Å². The third-order valence-corrected chi connectivity index (χ3v) is 2.92. The van der Waals surface area contributed by atoms with Crippen molar-refractivity contribution in [3.8, 4) is 0 Å². The normalized spacial score (nSPS) is 10.1. The molecule has 2 nitrogen and oxygen atoms in total. The Labute approximate surface area is 112 Å². The predicted octanol–water partition coefficient (Wildman–Crippen LogP) is 3.94. The number of hydrogen-bond acceptors (Lipinski definition) is 2. The molecule has 0 spiro atoms. The number of hydrogen-bond donors (Lipinski definition) is 1. The Balaban J connectivity index is 1.96. The molecule has 0 amide bonds. The maximum Gasteiger partial charge on any atom is 0.181 e. The average Bonchev–Trinajstić information content (AvgIpc) is 2.38. The van der Waals surface area contributed by atoms with E-state index in [1.165, 1.54) is 5.56 Å². The summed E-state index contributed by atoms with van der Waals surface area (Å²) in [6, 6.07) is 14.9. The second-order valence-electron chi connectivity index (χ2n) is 4.15. The molecule has 0 aliphatic heterocycles. The molecule has 0 aromatic heterocycles. The van der Waals surface area contributed by atoms with Crippen LogP contribution in [0.5, 0.6) is 0 Å². The lowest BCUT2D eigenvalue weighted by Crippen LogP contribution is -2.13. The van der Waals surface area contributed by atoms with Gasteiger partial charge in [-0.05, 0) is 43.3 Å². The van der Waals surface area contributed by atoms with Crippen molar-refractivity contribution in [3.63, 3.8) is 0 Å². The van der Waals surface area contributed by atoms with Gasteiger partial charge in [0.25, 0.3) is 0 Å².